The fourth-order valence-corrected chi connectivity index (χ4v) is 4.13. The Morgan fingerprint density at radius 2 is 1.72 bits per heavy atom. The zero-order valence-electron chi connectivity index (χ0n) is 11.1. The minimum Gasteiger partial charge on any atom is -0.126 e. The molecule has 0 heterocycles. The minimum absolute atomic E-state index is 0.0890. The van der Waals surface area contributed by atoms with E-state index in [4.69, 9.17) is 23.2 Å². The molecule has 1 aromatic rings. The summed E-state index contributed by atoms with van der Waals surface area (Å²) in [5.41, 5.74) is 2.85. The van der Waals surface area contributed by atoms with Crippen LogP contribution in [-0.2, 0) is 6.42 Å². The molecule has 2 rings (SSSR count). The molecular formula is C16H22Cl2. The predicted molar refractivity (Wildman–Crippen MR) is 80.7 cm³/mol. The Morgan fingerprint density at radius 1 is 1.11 bits per heavy atom. The van der Waals surface area contributed by atoms with E-state index < -0.39 is 0 Å². The molecule has 0 unspecified atom stereocenters. The van der Waals surface area contributed by atoms with Crippen LogP contribution in [0.1, 0.15) is 36.8 Å². The Bertz CT molecular complexity index is 376. The van der Waals surface area contributed by atoms with Crippen molar-refractivity contribution < 1.29 is 0 Å². The second kappa shape index (κ2) is 6.30. The SMILES string of the molecule is Cc1ccccc1CC(CCl)(CCl)C1CCCC1. The van der Waals surface area contributed by atoms with E-state index in [1.165, 1.54) is 36.8 Å². The molecule has 0 aromatic heterocycles. The maximum Gasteiger partial charge on any atom is 0.0297 e. The Hall–Kier alpha value is -0.200. The van der Waals surface area contributed by atoms with Crippen LogP contribution in [0.4, 0.5) is 0 Å². The fraction of sp³-hybridized carbons (Fsp3) is 0.625. The van der Waals surface area contributed by atoms with Crippen molar-refractivity contribution in [3.63, 3.8) is 0 Å². The second-order valence-electron chi connectivity index (χ2n) is 5.71. The van der Waals surface area contributed by atoms with Crippen molar-refractivity contribution in [1.82, 2.24) is 0 Å². The topological polar surface area (TPSA) is 0 Å². The zero-order valence-corrected chi connectivity index (χ0v) is 12.6. The largest absolute Gasteiger partial charge is 0.126 e. The first-order valence-electron chi connectivity index (χ1n) is 6.88. The number of alkyl halides is 2. The van der Waals surface area contributed by atoms with Gasteiger partial charge in [-0.2, -0.15) is 0 Å². The third-order valence-corrected chi connectivity index (χ3v) is 5.62. The van der Waals surface area contributed by atoms with E-state index in [0.29, 0.717) is 17.7 Å². The van der Waals surface area contributed by atoms with Crippen LogP contribution < -0.4 is 0 Å². The average Bonchev–Trinajstić information content (AvgIpc) is 2.93. The maximum absolute atomic E-state index is 6.32. The van der Waals surface area contributed by atoms with Gasteiger partial charge in [0.2, 0.25) is 0 Å². The summed E-state index contributed by atoms with van der Waals surface area (Å²) in [7, 11) is 0. The third kappa shape index (κ3) is 2.86. The van der Waals surface area contributed by atoms with Crippen molar-refractivity contribution in [2.45, 2.75) is 39.0 Å². The van der Waals surface area contributed by atoms with Crippen LogP contribution in [0.5, 0.6) is 0 Å². The normalized spacial score (nSPS) is 17.3. The molecule has 0 atom stereocenters. The van der Waals surface area contributed by atoms with Crippen LogP contribution in [0.2, 0.25) is 0 Å². The second-order valence-corrected chi connectivity index (χ2v) is 6.25. The van der Waals surface area contributed by atoms with Crippen LogP contribution >= 0.6 is 23.2 Å². The Morgan fingerprint density at radius 3 is 2.28 bits per heavy atom. The molecule has 0 nitrogen and oxygen atoms in total. The van der Waals surface area contributed by atoms with E-state index in [1.54, 1.807) is 0 Å². The first kappa shape index (κ1) is 14.2. The molecule has 0 spiro atoms. The van der Waals surface area contributed by atoms with Gasteiger partial charge in [-0.1, -0.05) is 37.1 Å². The highest BCUT2D eigenvalue weighted by Gasteiger charge is 2.39. The van der Waals surface area contributed by atoms with E-state index in [0.717, 1.165) is 6.42 Å². The van der Waals surface area contributed by atoms with Gasteiger partial charge in [-0.15, -0.1) is 23.2 Å². The Balaban J connectivity index is 2.22. The molecule has 0 amide bonds. The summed E-state index contributed by atoms with van der Waals surface area (Å²) in [5, 5.41) is 0. The minimum atomic E-state index is 0.0890. The molecule has 1 aromatic carbocycles. The average molecular weight is 285 g/mol. The number of hydrogen-bond donors (Lipinski definition) is 0. The van der Waals surface area contributed by atoms with Crippen LogP contribution in [-0.4, -0.2) is 11.8 Å². The fourth-order valence-electron chi connectivity index (χ4n) is 3.22. The van der Waals surface area contributed by atoms with Crippen LogP contribution in [0.25, 0.3) is 0 Å². The lowest BCUT2D eigenvalue weighted by Gasteiger charge is -2.36. The predicted octanol–water partition coefficient (Wildman–Crippen LogP) is 5.19. The Kier molecular flexibility index (Phi) is 4.98. The van der Waals surface area contributed by atoms with E-state index in [2.05, 4.69) is 31.2 Å². The summed E-state index contributed by atoms with van der Waals surface area (Å²) in [6, 6.07) is 8.61. The smallest absolute Gasteiger partial charge is 0.0297 e. The lowest BCUT2D eigenvalue weighted by atomic mass is 9.72. The lowest BCUT2D eigenvalue weighted by Crippen LogP contribution is -2.35. The standard InChI is InChI=1S/C16H22Cl2/c1-13-6-2-3-7-14(13)10-16(11-17,12-18)15-8-4-5-9-15/h2-3,6-7,15H,4-5,8-12H2,1H3. The first-order valence-corrected chi connectivity index (χ1v) is 7.95. The molecule has 1 aliphatic rings. The first-order chi connectivity index (χ1) is 8.72. The molecule has 1 aliphatic carbocycles. The van der Waals surface area contributed by atoms with Crippen LogP contribution in [0, 0.1) is 18.3 Å². The molecule has 0 aliphatic heterocycles. The molecule has 0 radical (unpaired) electrons. The van der Waals surface area contributed by atoms with Crippen molar-refractivity contribution in [2.24, 2.45) is 11.3 Å². The van der Waals surface area contributed by atoms with Gasteiger partial charge in [0.15, 0.2) is 0 Å². The highest BCUT2D eigenvalue weighted by Crippen LogP contribution is 2.44. The molecule has 18 heavy (non-hydrogen) atoms. The van der Waals surface area contributed by atoms with Crippen molar-refractivity contribution >= 4 is 23.2 Å². The van der Waals surface area contributed by atoms with Gasteiger partial charge in [0.1, 0.15) is 0 Å². The summed E-state index contributed by atoms with van der Waals surface area (Å²) < 4.78 is 0. The number of benzene rings is 1. The summed E-state index contributed by atoms with van der Waals surface area (Å²) >= 11 is 12.6. The summed E-state index contributed by atoms with van der Waals surface area (Å²) in [5.74, 6) is 2.05. The summed E-state index contributed by atoms with van der Waals surface area (Å²) in [6.45, 7) is 2.18. The number of aryl methyl sites for hydroxylation is 1. The highest BCUT2D eigenvalue weighted by molar-refractivity contribution is 6.21. The summed E-state index contributed by atoms with van der Waals surface area (Å²) in [6.07, 6.45) is 6.30. The van der Waals surface area contributed by atoms with Gasteiger partial charge in [0.05, 0.1) is 0 Å². The monoisotopic (exact) mass is 284 g/mol. The quantitative estimate of drug-likeness (QED) is 0.653. The molecule has 0 bridgehead atoms. The molecule has 2 heteroatoms. The molecule has 1 saturated carbocycles. The van der Waals surface area contributed by atoms with E-state index in [9.17, 15) is 0 Å². The van der Waals surface area contributed by atoms with Gasteiger partial charge >= 0.3 is 0 Å². The van der Waals surface area contributed by atoms with Crippen molar-refractivity contribution in [3.05, 3.63) is 35.4 Å². The number of hydrogen-bond acceptors (Lipinski definition) is 0. The lowest BCUT2D eigenvalue weighted by molar-refractivity contribution is 0.224. The summed E-state index contributed by atoms with van der Waals surface area (Å²) in [4.78, 5) is 0. The van der Waals surface area contributed by atoms with Gasteiger partial charge in [-0.3, -0.25) is 0 Å². The van der Waals surface area contributed by atoms with E-state index >= 15 is 0 Å². The van der Waals surface area contributed by atoms with Gasteiger partial charge in [-0.25, -0.2) is 0 Å². The number of rotatable bonds is 5. The van der Waals surface area contributed by atoms with Crippen molar-refractivity contribution in [3.8, 4) is 0 Å². The highest BCUT2D eigenvalue weighted by atomic mass is 35.5. The van der Waals surface area contributed by atoms with E-state index in [1.807, 2.05) is 0 Å². The molecular weight excluding hydrogens is 263 g/mol. The van der Waals surface area contributed by atoms with Gasteiger partial charge in [-0.05, 0) is 43.2 Å². The Labute approximate surface area is 121 Å². The van der Waals surface area contributed by atoms with E-state index in [-0.39, 0.29) is 5.41 Å². The van der Waals surface area contributed by atoms with Gasteiger partial charge < -0.3 is 0 Å². The molecule has 100 valence electrons. The zero-order chi connectivity index (χ0) is 13.0. The maximum atomic E-state index is 6.32. The molecule has 0 N–H and O–H groups in total. The van der Waals surface area contributed by atoms with Crippen molar-refractivity contribution in [1.29, 1.82) is 0 Å². The van der Waals surface area contributed by atoms with Gasteiger partial charge in [0.25, 0.3) is 0 Å². The van der Waals surface area contributed by atoms with Crippen LogP contribution in [0.3, 0.4) is 0 Å². The van der Waals surface area contributed by atoms with Crippen molar-refractivity contribution in [2.75, 3.05) is 11.8 Å². The third-order valence-electron chi connectivity index (χ3n) is 4.56. The number of halogens is 2. The van der Waals surface area contributed by atoms with Gasteiger partial charge in [0, 0.05) is 17.2 Å². The molecule has 1 fully saturated rings. The molecule has 0 saturated heterocycles. The van der Waals surface area contributed by atoms with Crippen LogP contribution in [0.15, 0.2) is 24.3 Å².